The van der Waals surface area contributed by atoms with Crippen LogP contribution in [-0.2, 0) is 6.54 Å². The molecule has 34 heavy (non-hydrogen) atoms. The molecule has 0 fully saturated rings. The van der Waals surface area contributed by atoms with Crippen molar-refractivity contribution < 1.29 is 14.6 Å². The Morgan fingerprint density at radius 3 is 2.50 bits per heavy atom. The fourth-order valence-corrected chi connectivity index (χ4v) is 4.29. The lowest BCUT2D eigenvalue weighted by Gasteiger charge is -2.18. The molecule has 176 valence electrons. The predicted molar refractivity (Wildman–Crippen MR) is 141 cm³/mol. The molecule has 0 spiro atoms. The normalized spacial score (nSPS) is 11.6. The molecule has 4 aromatic rings. The molecule has 0 aliphatic rings. The van der Waals surface area contributed by atoms with Gasteiger partial charge in [0.15, 0.2) is 0 Å². The van der Waals surface area contributed by atoms with Crippen molar-refractivity contribution in [1.82, 2.24) is 5.32 Å². The number of rotatable bonds is 8. The van der Waals surface area contributed by atoms with Gasteiger partial charge in [-0.15, -0.1) is 12.4 Å². The summed E-state index contributed by atoms with van der Waals surface area (Å²) in [4.78, 5) is 11.7. The first-order valence-electron chi connectivity index (χ1n) is 11.3. The lowest BCUT2D eigenvalue weighted by Crippen LogP contribution is -2.18. The molecular weight excluding hydrogens is 446 g/mol. The molecule has 0 aliphatic carbocycles. The minimum Gasteiger partial charge on any atom is -0.494 e. The monoisotopic (exact) mass is 475 g/mol. The molecule has 4 rings (SSSR count). The van der Waals surface area contributed by atoms with E-state index < -0.39 is 5.97 Å². The van der Waals surface area contributed by atoms with Crippen molar-refractivity contribution in [3.05, 3.63) is 101 Å². The first-order valence-corrected chi connectivity index (χ1v) is 11.3. The summed E-state index contributed by atoms with van der Waals surface area (Å²) in [6, 6.07) is 26.4. The largest absolute Gasteiger partial charge is 0.494 e. The number of fused-ring (bicyclic) bond motifs is 1. The van der Waals surface area contributed by atoms with E-state index in [9.17, 15) is 9.90 Å². The lowest BCUT2D eigenvalue weighted by molar-refractivity contribution is 0.0696. The molecule has 0 radical (unpaired) electrons. The Kier molecular flexibility index (Phi) is 8.32. The average Bonchev–Trinajstić information content (AvgIpc) is 2.82. The molecule has 0 saturated heterocycles. The predicted octanol–water partition coefficient (Wildman–Crippen LogP) is 7.18. The van der Waals surface area contributed by atoms with Crippen LogP contribution < -0.4 is 10.1 Å². The smallest absolute Gasteiger partial charge is 0.335 e. The first kappa shape index (κ1) is 25.3. The second-order valence-electron chi connectivity index (χ2n) is 8.26. The van der Waals surface area contributed by atoms with Crippen LogP contribution in [0.25, 0.3) is 21.9 Å². The molecule has 0 aromatic heterocycles. The van der Waals surface area contributed by atoms with E-state index >= 15 is 0 Å². The number of hydrogen-bond acceptors (Lipinski definition) is 3. The minimum absolute atomic E-state index is 0. The van der Waals surface area contributed by atoms with E-state index in [0.717, 1.165) is 38.8 Å². The molecule has 5 heteroatoms. The Balaban J connectivity index is 0.00000324. The third-order valence-corrected chi connectivity index (χ3v) is 6.06. The molecule has 0 bridgehead atoms. The summed E-state index contributed by atoms with van der Waals surface area (Å²) in [7, 11) is 0. The van der Waals surface area contributed by atoms with Crippen molar-refractivity contribution in [2.24, 2.45) is 0 Å². The lowest BCUT2D eigenvalue weighted by atomic mass is 9.91. The number of hydrogen-bond donors (Lipinski definition) is 2. The summed E-state index contributed by atoms with van der Waals surface area (Å²) < 4.78 is 5.64. The van der Waals surface area contributed by atoms with Gasteiger partial charge in [-0.3, -0.25) is 0 Å². The molecule has 4 nitrogen and oxygen atoms in total. The van der Waals surface area contributed by atoms with E-state index in [2.05, 4.69) is 48.6 Å². The fraction of sp³-hybridized carbons (Fsp3) is 0.207. The molecule has 1 unspecified atom stereocenters. The summed E-state index contributed by atoms with van der Waals surface area (Å²) >= 11 is 0. The SMILES string of the molecule is CCOc1cccc(C(C)NCc2cc(-c3cccc(C(=O)O)c3C)c3ccccc3c2)c1.Cl. The molecule has 4 aromatic carbocycles. The summed E-state index contributed by atoms with van der Waals surface area (Å²) in [6.07, 6.45) is 0. The van der Waals surface area contributed by atoms with Crippen molar-refractivity contribution in [2.75, 3.05) is 6.61 Å². The molecule has 1 atom stereocenters. The Morgan fingerprint density at radius 2 is 1.74 bits per heavy atom. The second-order valence-corrected chi connectivity index (χ2v) is 8.26. The van der Waals surface area contributed by atoms with Crippen molar-refractivity contribution in [3.63, 3.8) is 0 Å². The highest BCUT2D eigenvalue weighted by Crippen LogP contribution is 2.33. The molecule has 0 heterocycles. The molecule has 0 saturated carbocycles. The quantitative estimate of drug-likeness (QED) is 0.283. The Bertz CT molecular complexity index is 1300. The maximum absolute atomic E-state index is 11.7. The second kappa shape index (κ2) is 11.2. The topological polar surface area (TPSA) is 58.6 Å². The number of aromatic carboxylic acids is 1. The van der Waals surface area contributed by atoms with E-state index in [-0.39, 0.29) is 18.4 Å². The maximum Gasteiger partial charge on any atom is 0.335 e. The van der Waals surface area contributed by atoms with Gasteiger partial charge in [-0.1, -0.05) is 48.5 Å². The van der Waals surface area contributed by atoms with E-state index in [1.807, 2.05) is 50.2 Å². The van der Waals surface area contributed by atoms with Crippen LogP contribution in [0.2, 0.25) is 0 Å². The summed E-state index contributed by atoms with van der Waals surface area (Å²) in [5.74, 6) is -0.0231. The Morgan fingerprint density at radius 1 is 0.971 bits per heavy atom. The van der Waals surface area contributed by atoms with Crippen LogP contribution in [-0.4, -0.2) is 17.7 Å². The molecule has 0 aliphatic heterocycles. The van der Waals surface area contributed by atoms with Crippen molar-refractivity contribution in [3.8, 4) is 16.9 Å². The third-order valence-electron chi connectivity index (χ3n) is 6.06. The van der Waals surface area contributed by atoms with Crippen LogP contribution in [0.1, 0.15) is 46.9 Å². The summed E-state index contributed by atoms with van der Waals surface area (Å²) in [5.41, 5.74) is 5.44. The van der Waals surface area contributed by atoms with E-state index in [1.165, 1.54) is 5.56 Å². The maximum atomic E-state index is 11.7. The summed E-state index contributed by atoms with van der Waals surface area (Å²) in [6.45, 7) is 7.35. The van der Waals surface area contributed by atoms with Gasteiger partial charge in [-0.05, 0) is 89.7 Å². The van der Waals surface area contributed by atoms with Gasteiger partial charge < -0.3 is 15.2 Å². The van der Waals surface area contributed by atoms with Gasteiger partial charge in [0.05, 0.1) is 12.2 Å². The first-order chi connectivity index (χ1) is 16.0. The van der Waals surface area contributed by atoms with Crippen LogP contribution in [0.5, 0.6) is 5.75 Å². The van der Waals surface area contributed by atoms with Gasteiger partial charge in [0.2, 0.25) is 0 Å². The van der Waals surface area contributed by atoms with Crippen molar-refractivity contribution in [1.29, 1.82) is 0 Å². The van der Waals surface area contributed by atoms with Crippen LogP contribution >= 0.6 is 12.4 Å². The zero-order valence-electron chi connectivity index (χ0n) is 19.7. The van der Waals surface area contributed by atoms with E-state index in [4.69, 9.17) is 4.74 Å². The van der Waals surface area contributed by atoms with Crippen LogP contribution in [0.4, 0.5) is 0 Å². The molecule has 0 amide bonds. The highest BCUT2D eigenvalue weighted by molar-refractivity contribution is 6.00. The number of carbonyl (C=O) groups is 1. The highest BCUT2D eigenvalue weighted by Gasteiger charge is 2.15. The number of ether oxygens (including phenoxy) is 1. The fourth-order valence-electron chi connectivity index (χ4n) is 4.29. The van der Waals surface area contributed by atoms with Crippen molar-refractivity contribution in [2.45, 2.75) is 33.4 Å². The summed E-state index contributed by atoms with van der Waals surface area (Å²) in [5, 5.41) is 15.5. The van der Waals surface area contributed by atoms with Crippen LogP contribution in [0.3, 0.4) is 0 Å². The Labute approximate surface area is 207 Å². The zero-order valence-corrected chi connectivity index (χ0v) is 20.5. The number of nitrogens with one attached hydrogen (secondary N) is 1. The van der Waals surface area contributed by atoms with Gasteiger partial charge in [-0.25, -0.2) is 4.79 Å². The standard InChI is InChI=1S/C29H29NO3.ClH/c1-4-33-24-11-7-10-22(17-24)20(3)30-18-21-15-23-9-5-6-12-27(23)28(16-21)25-13-8-14-26(19(25)2)29(31)32;/h5-17,20,30H,4,18H2,1-3H3,(H,31,32);1H. The minimum atomic E-state index is -0.903. The number of benzene rings is 4. The number of carboxylic acids is 1. The number of halogens is 1. The van der Waals surface area contributed by atoms with E-state index in [1.54, 1.807) is 6.07 Å². The van der Waals surface area contributed by atoms with Gasteiger partial charge in [0, 0.05) is 12.6 Å². The van der Waals surface area contributed by atoms with Crippen LogP contribution in [0.15, 0.2) is 78.9 Å². The van der Waals surface area contributed by atoms with E-state index in [0.29, 0.717) is 18.7 Å². The van der Waals surface area contributed by atoms with Gasteiger partial charge in [-0.2, -0.15) is 0 Å². The van der Waals surface area contributed by atoms with Gasteiger partial charge in [0.1, 0.15) is 5.75 Å². The van der Waals surface area contributed by atoms with Gasteiger partial charge in [0.25, 0.3) is 0 Å². The highest BCUT2D eigenvalue weighted by atomic mass is 35.5. The average molecular weight is 476 g/mol. The molecule has 2 N–H and O–H groups in total. The Hall–Kier alpha value is -3.34. The van der Waals surface area contributed by atoms with Gasteiger partial charge >= 0.3 is 5.97 Å². The van der Waals surface area contributed by atoms with Crippen LogP contribution in [0, 0.1) is 6.92 Å². The third kappa shape index (κ3) is 5.41. The van der Waals surface area contributed by atoms with Crippen molar-refractivity contribution >= 4 is 29.1 Å². The molecular formula is C29H30ClNO3. The number of carboxylic acid groups (broad SMARTS) is 1. The zero-order chi connectivity index (χ0) is 23.4.